The Bertz CT molecular complexity index is 411. The van der Waals surface area contributed by atoms with Gasteiger partial charge in [-0.15, -0.1) is 0 Å². The van der Waals surface area contributed by atoms with Crippen LogP contribution in [0.1, 0.15) is 33.6 Å². The average molecular weight is 296 g/mol. The van der Waals surface area contributed by atoms with E-state index in [0.29, 0.717) is 18.4 Å². The largest absolute Gasteiger partial charge is 0.490 e. The molecule has 1 aromatic heterocycles. The molecule has 1 aromatic rings. The maximum absolute atomic E-state index is 5.56. The molecule has 0 saturated heterocycles. The van der Waals surface area contributed by atoms with Crippen LogP contribution in [-0.2, 0) is 4.74 Å². The minimum absolute atomic E-state index is 0.401. The lowest BCUT2D eigenvalue weighted by Crippen LogP contribution is -2.38. The SMILES string of the molecule is CCNc1ncnc(N(CCOC)C(CC)CC)c1OC. The highest BCUT2D eigenvalue weighted by molar-refractivity contribution is 5.65. The molecule has 0 aliphatic carbocycles. The van der Waals surface area contributed by atoms with E-state index in [2.05, 4.69) is 34.0 Å². The number of aromatic nitrogens is 2. The molecule has 0 atom stereocenters. The molecule has 21 heavy (non-hydrogen) atoms. The second kappa shape index (κ2) is 9.39. The number of hydrogen-bond donors (Lipinski definition) is 1. The van der Waals surface area contributed by atoms with Crippen LogP contribution in [0.4, 0.5) is 11.6 Å². The van der Waals surface area contributed by atoms with Crippen molar-refractivity contribution >= 4 is 11.6 Å². The first-order valence-corrected chi connectivity index (χ1v) is 7.61. The lowest BCUT2D eigenvalue weighted by molar-refractivity contribution is 0.202. The van der Waals surface area contributed by atoms with Gasteiger partial charge < -0.3 is 19.7 Å². The van der Waals surface area contributed by atoms with Gasteiger partial charge in [-0.05, 0) is 19.8 Å². The molecule has 0 aromatic carbocycles. The Kier molecular flexibility index (Phi) is 7.82. The van der Waals surface area contributed by atoms with Gasteiger partial charge in [-0.25, -0.2) is 9.97 Å². The second-order valence-electron chi connectivity index (χ2n) is 4.77. The molecule has 0 aliphatic heterocycles. The summed E-state index contributed by atoms with van der Waals surface area (Å²) in [5.74, 6) is 2.26. The Labute approximate surface area is 127 Å². The molecule has 0 amide bonds. The highest BCUT2D eigenvalue weighted by Gasteiger charge is 2.22. The smallest absolute Gasteiger partial charge is 0.204 e. The summed E-state index contributed by atoms with van der Waals surface area (Å²) in [5.41, 5.74) is 0. The molecule has 120 valence electrons. The fourth-order valence-electron chi connectivity index (χ4n) is 2.43. The van der Waals surface area contributed by atoms with Crippen molar-refractivity contribution in [2.45, 2.75) is 39.7 Å². The third kappa shape index (κ3) is 4.46. The molecule has 0 bridgehead atoms. The third-order valence-electron chi connectivity index (χ3n) is 3.53. The first-order chi connectivity index (χ1) is 10.2. The van der Waals surface area contributed by atoms with Gasteiger partial charge in [0.05, 0.1) is 13.7 Å². The van der Waals surface area contributed by atoms with Gasteiger partial charge in [0.15, 0.2) is 11.6 Å². The summed E-state index contributed by atoms with van der Waals surface area (Å²) in [7, 11) is 3.37. The van der Waals surface area contributed by atoms with E-state index in [1.165, 1.54) is 0 Å². The zero-order chi connectivity index (χ0) is 15.7. The molecule has 0 unspecified atom stereocenters. The average Bonchev–Trinajstić information content (AvgIpc) is 2.51. The predicted octanol–water partition coefficient (Wildman–Crippen LogP) is 2.56. The van der Waals surface area contributed by atoms with Crippen molar-refractivity contribution in [3.8, 4) is 5.75 Å². The van der Waals surface area contributed by atoms with Crippen LogP contribution in [0.3, 0.4) is 0 Å². The number of hydrogen-bond acceptors (Lipinski definition) is 6. The van der Waals surface area contributed by atoms with Gasteiger partial charge in [0.25, 0.3) is 0 Å². The zero-order valence-electron chi connectivity index (χ0n) is 13.8. The van der Waals surface area contributed by atoms with Gasteiger partial charge in [-0.1, -0.05) is 13.8 Å². The summed E-state index contributed by atoms with van der Waals surface area (Å²) in [6.07, 6.45) is 3.67. The molecular formula is C15H28N4O2. The number of anilines is 2. The Morgan fingerprint density at radius 3 is 2.43 bits per heavy atom. The fourth-order valence-corrected chi connectivity index (χ4v) is 2.43. The van der Waals surface area contributed by atoms with E-state index >= 15 is 0 Å². The maximum atomic E-state index is 5.56. The van der Waals surface area contributed by atoms with Crippen LogP contribution in [0.2, 0.25) is 0 Å². The van der Waals surface area contributed by atoms with E-state index in [9.17, 15) is 0 Å². The normalized spacial score (nSPS) is 10.8. The van der Waals surface area contributed by atoms with Crippen LogP contribution in [0, 0.1) is 0 Å². The summed E-state index contributed by atoms with van der Waals surface area (Å²) < 4.78 is 10.8. The molecule has 1 N–H and O–H groups in total. The topological polar surface area (TPSA) is 59.5 Å². The Morgan fingerprint density at radius 1 is 1.19 bits per heavy atom. The number of ether oxygens (including phenoxy) is 2. The van der Waals surface area contributed by atoms with Crippen molar-refractivity contribution in [3.63, 3.8) is 0 Å². The molecule has 0 spiro atoms. The first-order valence-electron chi connectivity index (χ1n) is 7.61. The quantitative estimate of drug-likeness (QED) is 0.716. The van der Waals surface area contributed by atoms with E-state index in [4.69, 9.17) is 9.47 Å². The van der Waals surface area contributed by atoms with Crippen LogP contribution >= 0.6 is 0 Å². The highest BCUT2D eigenvalue weighted by Crippen LogP contribution is 2.33. The number of rotatable bonds is 10. The standard InChI is InChI=1S/C15H28N4O2/c1-6-12(7-2)19(9-10-20-4)15-13(21-5)14(16-8-3)17-11-18-15/h11-12H,6-10H2,1-5H3,(H,16,17,18). The van der Waals surface area contributed by atoms with Crippen molar-refractivity contribution in [3.05, 3.63) is 6.33 Å². The first kappa shape index (κ1) is 17.5. The third-order valence-corrected chi connectivity index (χ3v) is 3.53. The van der Waals surface area contributed by atoms with Gasteiger partial charge in [0.2, 0.25) is 5.75 Å². The molecule has 0 fully saturated rings. The van der Waals surface area contributed by atoms with Crippen molar-refractivity contribution in [1.29, 1.82) is 0 Å². The zero-order valence-corrected chi connectivity index (χ0v) is 13.8. The van der Waals surface area contributed by atoms with Crippen molar-refractivity contribution < 1.29 is 9.47 Å². The summed E-state index contributed by atoms with van der Waals surface area (Å²) in [6.45, 7) is 8.63. The molecule has 6 nitrogen and oxygen atoms in total. The van der Waals surface area contributed by atoms with E-state index in [1.54, 1.807) is 20.5 Å². The van der Waals surface area contributed by atoms with E-state index in [0.717, 1.165) is 37.6 Å². The van der Waals surface area contributed by atoms with Gasteiger partial charge in [0, 0.05) is 26.2 Å². The molecule has 0 aliphatic rings. The second-order valence-corrected chi connectivity index (χ2v) is 4.77. The van der Waals surface area contributed by atoms with E-state index < -0.39 is 0 Å². The van der Waals surface area contributed by atoms with Crippen LogP contribution in [0.25, 0.3) is 0 Å². The lowest BCUT2D eigenvalue weighted by Gasteiger charge is -2.32. The summed E-state index contributed by atoms with van der Waals surface area (Å²) in [6, 6.07) is 0.401. The van der Waals surface area contributed by atoms with Gasteiger partial charge in [0.1, 0.15) is 6.33 Å². The number of nitrogens with zero attached hydrogens (tertiary/aromatic N) is 3. The summed E-state index contributed by atoms with van der Waals surface area (Å²) in [5, 5.41) is 3.22. The van der Waals surface area contributed by atoms with Crippen molar-refractivity contribution in [2.75, 3.05) is 44.1 Å². The molecule has 1 heterocycles. The van der Waals surface area contributed by atoms with E-state index in [1.807, 2.05) is 6.92 Å². The van der Waals surface area contributed by atoms with Crippen LogP contribution in [0.15, 0.2) is 6.33 Å². The molecule has 6 heteroatoms. The van der Waals surface area contributed by atoms with Crippen molar-refractivity contribution in [2.24, 2.45) is 0 Å². The van der Waals surface area contributed by atoms with Crippen molar-refractivity contribution in [1.82, 2.24) is 9.97 Å². The van der Waals surface area contributed by atoms with Crippen LogP contribution < -0.4 is 15.0 Å². The van der Waals surface area contributed by atoms with E-state index in [-0.39, 0.29) is 0 Å². The Hall–Kier alpha value is -1.56. The maximum Gasteiger partial charge on any atom is 0.204 e. The van der Waals surface area contributed by atoms with Gasteiger partial charge in [-0.2, -0.15) is 0 Å². The number of nitrogens with one attached hydrogen (secondary N) is 1. The van der Waals surface area contributed by atoms with Gasteiger partial charge in [-0.3, -0.25) is 0 Å². The molecule has 1 rings (SSSR count). The Balaban J connectivity index is 3.18. The number of methoxy groups -OCH3 is 2. The minimum atomic E-state index is 0.401. The minimum Gasteiger partial charge on any atom is -0.490 e. The van der Waals surface area contributed by atoms with Crippen LogP contribution in [-0.4, -0.2) is 49.9 Å². The van der Waals surface area contributed by atoms with Gasteiger partial charge >= 0.3 is 0 Å². The molecule has 0 saturated carbocycles. The fraction of sp³-hybridized carbons (Fsp3) is 0.733. The predicted molar refractivity (Wildman–Crippen MR) is 86.3 cm³/mol. The molecular weight excluding hydrogens is 268 g/mol. The monoisotopic (exact) mass is 296 g/mol. The Morgan fingerprint density at radius 2 is 1.90 bits per heavy atom. The summed E-state index contributed by atoms with van der Waals surface area (Å²) >= 11 is 0. The van der Waals surface area contributed by atoms with Crippen LogP contribution in [0.5, 0.6) is 5.75 Å². The summed E-state index contributed by atoms with van der Waals surface area (Å²) in [4.78, 5) is 11.0. The highest BCUT2D eigenvalue weighted by atomic mass is 16.5. The lowest BCUT2D eigenvalue weighted by atomic mass is 10.1. The molecule has 0 radical (unpaired) electrons.